The number of hydrogen-bond acceptors (Lipinski definition) is 8. The van der Waals surface area contributed by atoms with E-state index in [9.17, 15) is 9.59 Å². The van der Waals surface area contributed by atoms with Crippen molar-refractivity contribution in [2.45, 2.75) is 65.4 Å². The van der Waals surface area contributed by atoms with Crippen LogP contribution in [0.15, 0.2) is 18.6 Å². The molecule has 0 aromatic carbocycles. The third-order valence-corrected chi connectivity index (χ3v) is 6.07. The van der Waals surface area contributed by atoms with Gasteiger partial charge in [0, 0.05) is 31.5 Å². The van der Waals surface area contributed by atoms with E-state index in [1.165, 1.54) is 4.90 Å². The fraction of sp³-hybridized carbons (Fsp3) is 0.609. The number of anilines is 3. The van der Waals surface area contributed by atoms with E-state index in [4.69, 9.17) is 9.84 Å². The summed E-state index contributed by atoms with van der Waals surface area (Å²) in [6, 6.07) is -0.231. The van der Waals surface area contributed by atoms with E-state index in [2.05, 4.69) is 27.3 Å². The zero-order chi connectivity index (χ0) is 25.3. The van der Waals surface area contributed by atoms with Crippen molar-refractivity contribution in [2.24, 2.45) is 5.92 Å². The van der Waals surface area contributed by atoms with Crippen LogP contribution in [0.5, 0.6) is 0 Å². The average molecular weight is 487 g/mol. The number of hydrogen-bond donors (Lipinski definition) is 2. The number of ether oxygens (including phenoxy) is 1. The topological polar surface area (TPSA) is 129 Å². The lowest BCUT2D eigenvalue weighted by molar-refractivity contribution is -0.0235. The van der Waals surface area contributed by atoms with Crippen LogP contribution in [-0.2, 0) is 17.8 Å². The summed E-state index contributed by atoms with van der Waals surface area (Å²) in [6.07, 6.45) is 5.77. The van der Waals surface area contributed by atoms with Crippen LogP contribution >= 0.6 is 0 Å². The molecule has 2 aromatic rings. The number of carbonyl (C=O) groups is 2. The number of fused-ring (bicyclic) bond motifs is 1. The van der Waals surface area contributed by atoms with E-state index in [1.54, 1.807) is 40.1 Å². The van der Waals surface area contributed by atoms with Crippen molar-refractivity contribution in [3.8, 4) is 0 Å². The number of amides is 3. The first-order chi connectivity index (χ1) is 16.6. The maximum absolute atomic E-state index is 13.4. The van der Waals surface area contributed by atoms with E-state index in [0.717, 1.165) is 12.0 Å². The summed E-state index contributed by atoms with van der Waals surface area (Å²) in [5, 5.41) is 16.3. The Morgan fingerprint density at radius 1 is 1.31 bits per heavy atom. The van der Waals surface area contributed by atoms with Crippen molar-refractivity contribution < 1.29 is 19.4 Å². The number of urea groups is 1. The highest BCUT2D eigenvalue weighted by Crippen LogP contribution is 2.33. The fourth-order valence-electron chi connectivity index (χ4n) is 4.35. The normalized spacial score (nSPS) is 20.6. The van der Waals surface area contributed by atoms with Gasteiger partial charge < -0.3 is 15.2 Å². The first kappa shape index (κ1) is 24.7. The Kier molecular flexibility index (Phi) is 6.84. The monoisotopic (exact) mass is 486 g/mol. The lowest BCUT2D eigenvalue weighted by Gasteiger charge is -2.46. The number of carbonyl (C=O) groups excluding carboxylic acids is 2. The molecular formula is C23H34N8O4. The van der Waals surface area contributed by atoms with Crippen molar-refractivity contribution >= 4 is 29.6 Å². The van der Waals surface area contributed by atoms with Crippen molar-refractivity contribution in [3.05, 3.63) is 24.2 Å². The first-order valence-corrected chi connectivity index (χ1v) is 11.9. The van der Waals surface area contributed by atoms with Crippen LogP contribution < -0.4 is 10.2 Å². The highest BCUT2D eigenvalue weighted by molar-refractivity contribution is 5.93. The van der Waals surface area contributed by atoms with Crippen molar-refractivity contribution in [1.29, 1.82) is 0 Å². The summed E-state index contributed by atoms with van der Waals surface area (Å²) >= 11 is 0. The van der Waals surface area contributed by atoms with Crippen molar-refractivity contribution in [1.82, 2.24) is 29.5 Å². The van der Waals surface area contributed by atoms with Crippen LogP contribution in [-0.4, -0.2) is 78.7 Å². The molecule has 2 aliphatic rings. The minimum atomic E-state index is -0.619. The summed E-state index contributed by atoms with van der Waals surface area (Å²) in [5.41, 5.74) is 0.844. The molecule has 0 radical (unpaired) electrons. The summed E-state index contributed by atoms with van der Waals surface area (Å²) in [6.45, 7) is 8.85. The molecule has 4 heterocycles. The second kappa shape index (κ2) is 9.68. The molecule has 0 aliphatic carbocycles. The molecule has 190 valence electrons. The molecule has 0 bridgehead atoms. The summed E-state index contributed by atoms with van der Waals surface area (Å²) in [5.74, 6) is 1.22. The molecule has 0 spiro atoms. The zero-order valence-corrected chi connectivity index (χ0v) is 20.9. The zero-order valence-electron chi connectivity index (χ0n) is 20.9. The predicted octanol–water partition coefficient (Wildman–Crippen LogP) is 2.77. The van der Waals surface area contributed by atoms with Gasteiger partial charge in [0.05, 0.1) is 31.6 Å². The largest absolute Gasteiger partial charge is 0.444 e. The van der Waals surface area contributed by atoms with Gasteiger partial charge in [-0.15, -0.1) is 0 Å². The van der Waals surface area contributed by atoms with E-state index < -0.39 is 17.9 Å². The highest BCUT2D eigenvalue weighted by atomic mass is 16.6. The molecule has 0 saturated carbocycles. The molecule has 4 rings (SSSR count). The maximum Gasteiger partial charge on any atom is 0.411 e. The molecule has 12 heteroatoms. The molecule has 1 saturated heterocycles. The van der Waals surface area contributed by atoms with Gasteiger partial charge in [0.25, 0.3) is 0 Å². The Bertz CT molecular complexity index is 1080. The van der Waals surface area contributed by atoms with E-state index in [0.29, 0.717) is 49.4 Å². The van der Waals surface area contributed by atoms with E-state index in [1.807, 2.05) is 20.8 Å². The molecule has 2 atom stereocenters. The molecule has 2 unspecified atom stereocenters. The number of aliphatic hydroxyl groups excluding tert-OH is 1. The van der Waals surface area contributed by atoms with Gasteiger partial charge >= 0.3 is 12.1 Å². The van der Waals surface area contributed by atoms with Crippen LogP contribution in [0.2, 0.25) is 0 Å². The third kappa shape index (κ3) is 5.47. The molecule has 12 nitrogen and oxygen atoms in total. The standard InChI is InChI=1S/C23H34N8O4/c1-15-6-7-30(22(34)35-23(2,3)4)18(10-15)31-13-16-11-24-20(27-19(16)28(5)21(31)33)26-17-12-25-29(14-17)8-9-32/h11-12,14-15,18,32H,6-10,13H2,1-5H3,(H,24,26,27). The SMILES string of the molecule is CC1CCN(C(=O)OC(C)(C)C)C(N2Cc3cnc(Nc4cnn(CCO)c4)nc3N(C)C2=O)C1. The van der Waals surface area contributed by atoms with Gasteiger partial charge in [0.2, 0.25) is 5.95 Å². The Morgan fingerprint density at radius 3 is 2.80 bits per heavy atom. The summed E-state index contributed by atoms with van der Waals surface area (Å²) < 4.78 is 7.24. The molecule has 2 aromatic heterocycles. The second-order valence-corrected chi connectivity index (χ2v) is 10.1. The number of likely N-dealkylation sites (tertiary alicyclic amines) is 1. The van der Waals surface area contributed by atoms with Crippen LogP contribution in [0.3, 0.4) is 0 Å². The smallest absolute Gasteiger partial charge is 0.411 e. The lowest BCUT2D eigenvalue weighted by atomic mass is 9.95. The Balaban J connectivity index is 1.55. The van der Waals surface area contributed by atoms with Gasteiger partial charge in [0.15, 0.2) is 0 Å². The number of aromatic nitrogens is 4. The summed E-state index contributed by atoms with van der Waals surface area (Å²) in [7, 11) is 1.67. The molecule has 2 aliphatic heterocycles. The minimum Gasteiger partial charge on any atom is -0.444 e. The minimum absolute atomic E-state index is 0.00893. The highest BCUT2D eigenvalue weighted by Gasteiger charge is 2.42. The average Bonchev–Trinajstić information content (AvgIpc) is 3.22. The van der Waals surface area contributed by atoms with Crippen LogP contribution in [0.4, 0.5) is 27.0 Å². The van der Waals surface area contributed by atoms with Gasteiger partial charge in [-0.2, -0.15) is 10.1 Å². The van der Waals surface area contributed by atoms with Gasteiger partial charge in [-0.05, 0) is 39.5 Å². The van der Waals surface area contributed by atoms with Crippen molar-refractivity contribution in [3.63, 3.8) is 0 Å². The number of nitrogens with zero attached hydrogens (tertiary/aromatic N) is 7. The second-order valence-electron chi connectivity index (χ2n) is 10.1. The predicted molar refractivity (Wildman–Crippen MR) is 129 cm³/mol. The van der Waals surface area contributed by atoms with E-state index >= 15 is 0 Å². The van der Waals surface area contributed by atoms with Crippen molar-refractivity contribution in [2.75, 3.05) is 30.4 Å². The van der Waals surface area contributed by atoms with Gasteiger partial charge in [-0.1, -0.05) is 6.92 Å². The number of piperidine rings is 1. The molecule has 2 N–H and O–H groups in total. The van der Waals surface area contributed by atoms with Gasteiger partial charge in [-0.3, -0.25) is 19.4 Å². The molecule has 35 heavy (non-hydrogen) atoms. The van der Waals surface area contributed by atoms with E-state index in [-0.39, 0.29) is 12.6 Å². The first-order valence-electron chi connectivity index (χ1n) is 11.9. The molecule has 3 amide bonds. The maximum atomic E-state index is 13.4. The Morgan fingerprint density at radius 2 is 2.09 bits per heavy atom. The number of rotatable bonds is 5. The lowest BCUT2D eigenvalue weighted by Crippen LogP contribution is -2.60. The Labute approximate surface area is 204 Å². The van der Waals surface area contributed by atoms with Gasteiger partial charge in [0.1, 0.15) is 17.6 Å². The number of nitrogens with one attached hydrogen (secondary N) is 1. The molecular weight excluding hydrogens is 452 g/mol. The fourth-order valence-corrected chi connectivity index (χ4v) is 4.35. The van der Waals surface area contributed by atoms with Crippen LogP contribution in [0.25, 0.3) is 0 Å². The Hall–Kier alpha value is -3.41. The quantitative estimate of drug-likeness (QED) is 0.660. The summed E-state index contributed by atoms with van der Waals surface area (Å²) in [4.78, 5) is 40.3. The molecule has 1 fully saturated rings. The number of aliphatic hydroxyl groups is 1. The van der Waals surface area contributed by atoms with Crippen LogP contribution in [0, 0.1) is 5.92 Å². The third-order valence-electron chi connectivity index (χ3n) is 6.07. The van der Waals surface area contributed by atoms with Gasteiger partial charge in [-0.25, -0.2) is 14.6 Å². The van der Waals surface area contributed by atoms with Crippen LogP contribution in [0.1, 0.15) is 46.1 Å².